The first-order valence-corrected chi connectivity index (χ1v) is 19.3. The summed E-state index contributed by atoms with van der Waals surface area (Å²) in [6.07, 6.45) is 0.630. The lowest BCUT2D eigenvalue weighted by atomic mass is 10.1. The third-order valence-corrected chi connectivity index (χ3v) is 13.3. The Morgan fingerprint density at radius 3 is 2.26 bits per heavy atom. The number of anilines is 1. The molecule has 0 bridgehead atoms. The molecule has 6 atom stereocenters. The maximum Gasteiger partial charge on any atom is 0.390 e. The predicted octanol–water partition coefficient (Wildman–Crippen LogP) is 5.71. The van der Waals surface area contributed by atoms with Crippen molar-refractivity contribution >= 4 is 43.5 Å². The van der Waals surface area contributed by atoms with E-state index >= 15 is 0 Å². The van der Waals surface area contributed by atoms with Crippen LogP contribution in [0.15, 0.2) is 67.0 Å². The van der Waals surface area contributed by atoms with Gasteiger partial charge in [0.05, 0.1) is 12.9 Å². The van der Waals surface area contributed by atoms with Gasteiger partial charge in [-0.15, -0.1) is 0 Å². The number of fused-ring (bicyclic) bond motifs is 1. The number of imidazole rings is 1. The summed E-state index contributed by atoms with van der Waals surface area (Å²) in [6, 6.07) is 17.1. The first kappa shape index (κ1) is 32.9. The van der Waals surface area contributed by atoms with Crippen molar-refractivity contribution < 1.29 is 37.7 Å². The molecule has 1 saturated heterocycles. The molecule has 0 radical (unpaired) electrons. The zero-order valence-electron chi connectivity index (χ0n) is 25.3. The van der Waals surface area contributed by atoms with Gasteiger partial charge in [-0.2, -0.15) is 9.97 Å². The standard InChI is InChI=1S/C30H36ClN5O8P2/c1-35(20-11-9-10-12-20)27-24-28(34-30(31)33-27)36(18-32-24)29-26(38)25(37)23(42-29)17-41-46(40,44-22-15-7-4-8-16-22)19-45(2,39)43-21-13-5-3-6-14-21/h3-8,13-16,18,20,23,25-26,29,37-38H,9-12,17,19H2,1-2H3/t23-,25-,26-,29-,45?,46?/m1/s1. The molecule has 0 amide bonds. The molecule has 3 heterocycles. The van der Waals surface area contributed by atoms with Crippen LogP contribution >= 0.6 is 26.6 Å². The van der Waals surface area contributed by atoms with Crippen LogP contribution in [0, 0.1) is 0 Å². The highest BCUT2D eigenvalue weighted by Gasteiger charge is 2.46. The third-order valence-electron chi connectivity index (χ3n) is 8.09. The molecule has 16 heteroatoms. The lowest BCUT2D eigenvalue weighted by Crippen LogP contribution is -2.33. The largest absolute Gasteiger partial charge is 0.442 e. The summed E-state index contributed by atoms with van der Waals surface area (Å²) >= 11 is 6.33. The number of nitrogens with zero attached hydrogens (tertiary/aromatic N) is 5. The van der Waals surface area contributed by atoms with E-state index in [1.165, 1.54) is 17.6 Å². The lowest BCUT2D eigenvalue weighted by molar-refractivity contribution is -0.0481. The average Bonchev–Trinajstić information content (AvgIpc) is 3.76. The van der Waals surface area contributed by atoms with E-state index in [0.29, 0.717) is 28.8 Å². The van der Waals surface area contributed by atoms with Gasteiger partial charge in [-0.25, -0.2) is 9.55 Å². The van der Waals surface area contributed by atoms with E-state index in [9.17, 15) is 19.3 Å². The Labute approximate surface area is 271 Å². The van der Waals surface area contributed by atoms with Crippen LogP contribution in [-0.2, 0) is 18.4 Å². The number of benzene rings is 2. The fourth-order valence-electron chi connectivity index (χ4n) is 5.84. The summed E-state index contributed by atoms with van der Waals surface area (Å²) in [7, 11) is -5.81. The number of aromatic nitrogens is 4. The van der Waals surface area contributed by atoms with Crippen molar-refractivity contribution in [3.8, 4) is 11.5 Å². The SMILES string of the molecule is CN(c1nc(Cl)nc2c1ncn2[C@@H]1O[C@H](COP(=O)(CP(C)(=O)Oc2ccccc2)Oc2ccccc2)[C@@H](O)[C@H]1O)C1CCCC1. The molecule has 2 aliphatic rings. The number of hydrogen-bond acceptors (Lipinski definition) is 12. The van der Waals surface area contributed by atoms with Gasteiger partial charge < -0.3 is 28.9 Å². The van der Waals surface area contributed by atoms with Crippen molar-refractivity contribution in [1.82, 2.24) is 19.5 Å². The number of aliphatic hydroxyl groups is 2. The molecule has 2 unspecified atom stereocenters. The summed E-state index contributed by atoms with van der Waals surface area (Å²) in [6.45, 7) is 0.892. The van der Waals surface area contributed by atoms with Crippen LogP contribution in [0.25, 0.3) is 11.2 Å². The second kappa shape index (κ2) is 13.6. The second-order valence-electron chi connectivity index (χ2n) is 11.6. The summed E-state index contributed by atoms with van der Waals surface area (Å²) < 4.78 is 52.4. The summed E-state index contributed by atoms with van der Waals surface area (Å²) in [5.41, 5.74) is 0.794. The Morgan fingerprint density at radius 1 is 0.978 bits per heavy atom. The number of rotatable bonds is 12. The fraction of sp³-hybridized carbons (Fsp3) is 0.433. The van der Waals surface area contributed by atoms with Crippen LogP contribution < -0.4 is 13.9 Å². The van der Waals surface area contributed by atoms with Gasteiger partial charge in [0, 0.05) is 19.8 Å². The number of para-hydroxylation sites is 2. The topological polar surface area (TPSA) is 158 Å². The van der Waals surface area contributed by atoms with Crippen molar-refractivity contribution in [3.63, 3.8) is 0 Å². The van der Waals surface area contributed by atoms with E-state index in [0.717, 1.165) is 25.7 Å². The molecule has 2 aromatic carbocycles. The molecule has 13 nitrogen and oxygen atoms in total. The summed E-state index contributed by atoms with van der Waals surface area (Å²) in [5.74, 6) is 0.580. The summed E-state index contributed by atoms with van der Waals surface area (Å²) in [5, 5.41) is 22.1. The first-order chi connectivity index (χ1) is 22.0. The molecule has 4 aromatic rings. The fourth-order valence-corrected chi connectivity index (χ4v) is 10.7. The van der Waals surface area contributed by atoms with Crippen molar-refractivity contribution in [2.45, 2.75) is 56.3 Å². The molecule has 2 N–H and O–H groups in total. The van der Waals surface area contributed by atoms with Gasteiger partial charge in [-0.05, 0) is 48.7 Å². The van der Waals surface area contributed by atoms with Crippen LogP contribution in [0.3, 0.4) is 0 Å². The van der Waals surface area contributed by atoms with Crippen molar-refractivity contribution in [2.24, 2.45) is 0 Å². The molecule has 2 fully saturated rings. The molecule has 1 aliphatic heterocycles. The molecule has 1 saturated carbocycles. The number of aliphatic hydroxyl groups excluding tert-OH is 2. The van der Waals surface area contributed by atoms with E-state index in [-0.39, 0.29) is 11.0 Å². The van der Waals surface area contributed by atoms with Crippen LogP contribution in [-0.4, -0.2) is 80.3 Å². The van der Waals surface area contributed by atoms with Crippen molar-refractivity contribution in [1.29, 1.82) is 0 Å². The Kier molecular flexibility index (Phi) is 9.73. The van der Waals surface area contributed by atoms with E-state index in [1.54, 1.807) is 60.7 Å². The molecular formula is C30H36ClN5O8P2. The van der Waals surface area contributed by atoms with Crippen molar-refractivity contribution in [3.05, 3.63) is 72.3 Å². The highest BCUT2D eigenvalue weighted by Crippen LogP contribution is 2.61. The number of ether oxygens (including phenoxy) is 1. The van der Waals surface area contributed by atoms with Gasteiger partial charge in [0.2, 0.25) is 5.28 Å². The van der Waals surface area contributed by atoms with Crippen molar-refractivity contribution in [2.75, 3.05) is 31.1 Å². The Hall–Kier alpha value is -3.02. The number of hydrogen-bond donors (Lipinski definition) is 2. The van der Waals surface area contributed by atoms with Gasteiger partial charge >= 0.3 is 7.60 Å². The third kappa shape index (κ3) is 7.26. The molecule has 2 aromatic heterocycles. The van der Waals surface area contributed by atoms with Crippen LogP contribution in [0.2, 0.25) is 5.28 Å². The zero-order chi connectivity index (χ0) is 32.5. The molecule has 246 valence electrons. The molecule has 6 rings (SSSR count). The van der Waals surface area contributed by atoms with Crippen LogP contribution in [0.1, 0.15) is 31.9 Å². The van der Waals surface area contributed by atoms with Gasteiger partial charge in [0.15, 0.2) is 23.2 Å². The normalized spacial score (nSPS) is 24.5. The monoisotopic (exact) mass is 691 g/mol. The average molecular weight is 692 g/mol. The minimum Gasteiger partial charge on any atom is -0.442 e. The first-order valence-electron chi connectivity index (χ1n) is 15.0. The minimum absolute atomic E-state index is 0.00253. The van der Waals surface area contributed by atoms with E-state index in [4.69, 9.17) is 29.9 Å². The van der Waals surface area contributed by atoms with Gasteiger partial charge in [0.25, 0.3) is 7.37 Å². The van der Waals surface area contributed by atoms with Crippen LogP contribution in [0.4, 0.5) is 5.82 Å². The quantitative estimate of drug-likeness (QED) is 0.138. The van der Waals surface area contributed by atoms with Gasteiger partial charge in [0.1, 0.15) is 35.7 Å². The molecular weight excluding hydrogens is 656 g/mol. The minimum atomic E-state index is -4.18. The van der Waals surface area contributed by atoms with E-state index < -0.39 is 52.0 Å². The second-order valence-corrected chi connectivity index (χ2v) is 16.9. The lowest BCUT2D eigenvalue weighted by Gasteiger charge is -2.25. The van der Waals surface area contributed by atoms with Gasteiger partial charge in [-0.3, -0.25) is 13.7 Å². The predicted molar refractivity (Wildman–Crippen MR) is 173 cm³/mol. The highest BCUT2D eigenvalue weighted by molar-refractivity contribution is 7.73. The van der Waals surface area contributed by atoms with Crippen LogP contribution in [0.5, 0.6) is 11.5 Å². The maximum absolute atomic E-state index is 14.1. The van der Waals surface area contributed by atoms with E-state index in [1.807, 2.05) is 7.05 Å². The Morgan fingerprint density at radius 2 is 1.61 bits per heavy atom. The van der Waals surface area contributed by atoms with E-state index in [2.05, 4.69) is 19.9 Å². The zero-order valence-corrected chi connectivity index (χ0v) is 27.9. The smallest absolute Gasteiger partial charge is 0.390 e. The number of halogens is 1. The Balaban J connectivity index is 1.21. The molecule has 0 spiro atoms. The molecule has 1 aliphatic carbocycles. The molecule has 46 heavy (non-hydrogen) atoms. The Bertz CT molecular complexity index is 1740. The maximum atomic E-state index is 14.1. The highest BCUT2D eigenvalue weighted by atomic mass is 35.5. The summed E-state index contributed by atoms with van der Waals surface area (Å²) in [4.78, 5) is 15.4. The van der Waals surface area contributed by atoms with Gasteiger partial charge in [-0.1, -0.05) is 49.2 Å².